The lowest BCUT2D eigenvalue weighted by molar-refractivity contribution is 0.0465. The Bertz CT molecular complexity index is 1180. The summed E-state index contributed by atoms with van der Waals surface area (Å²) in [6.45, 7) is 2.32. The first kappa shape index (κ1) is 18.3. The summed E-state index contributed by atoms with van der Waals surface area (Å²) in [6.07, 6.45) is 0. The molecule has 10 heteroatoms. The third-order valence-corrected chi connectivity index (χ3v) is 5.42. The summed E-state index contributed by atoms with van der Waals surface area (Å²) in [4.78, 5) is 33.1. The van der Waals surface area contributed by atoms with Gasteiger partial charge in [0.1, 0.15) is 6.61 Å². The lowest BCUT2D eigenvalue weighted by Crippen LogP contribution is -2.14. The number of aromatic nitrogens is 4. The van der Waals surface area contributed by atoms with E-state index in [0.717, 1.165) is 5.56 Å². The maximum absolute atomic E-state index is 12.2. The molecule has 0 unspecified atom stereocenters. The number of thiazole rings is 1. The second kappa shape index (κ2) is 7.87. The summed E-state index contributed by atoms with van der Waals surface area (Å²) >= 11 is 2.54. The van der Waals surface area contributed by atoms with E-state index in [4.69, 9.17) is 4.74 Å². The van der Waals surface area contributed by atoms with Crippen molar-refractivity contribution in [2.75, 3.05) is 5.32 Å². The Balaban J connectivity index is 1.37. The van der Waals surface area contributed by atoms with Crippen LogP contribution in [0.4, 0.5) is 5.13 Å². The fourth-order valence-electron chi connectivity index (χ4n) is 2.44. The topological polar surface area (TPSA) is 98.5 Å². The standard InChI is InChI=1S/C18H15N5O3S2/c1-11-7-15(24)23-18(20-11)28-14(22-23)9-26-16(25)13-10-27-17(21-13)19-8-12-5-3-2-4-6-12/h2-7,10H,8-9H2,1H3,(H,19,21). The minimum Gasteiger partial charge on any atom is -0.453 e. The molecule has 0 amide bonds. The smallest absolute Gasteiger partial charge is 0.358 e. The summed E-state index contributed by atoms with van der Waals surface area (Å²) in [5.41, 5.74) is 1.71. The van der Waals surface area contributed by atoms with Gasteiger partial charge in [0.25, 0.3) is 5.56 Å². The number of esters is 1. The highest BCUT2D eigenvalue weighted by atomic mass is 32.1. The van der Waals surface area contributed by atoms with Crippen molar-refractivity contribution in [2.45, 2.75) is 20.1 Å². The van der Waals surface area contributed by atoms with Crippen molar-refractivity contribution >= 4 is 38.7 Å². The Hall–Kier alpha value is -3.11. The van der Waals surface area contributed by atoms with Gasteiger partial charge in [0, 0.05) is 23.7 Å². The van der Waals surface area contributed by atoms with Crippen molar-refractivity contribution in [2.24, 2.45) is 0 Å². The largest absolute Gasteiger partial charge is 0.453 e. The maximum atomic E-state index is 12.2. The van der Waals surface area contributed by atoms with Crippen molar-refractivity contribution in [1.82, 2.24) is 19.6 Å². The Labute approximate surface area is 167 Å². The molecule has 0 saturated heterocycles. The van der Waals surface area contributed by atoms with E-state index in [2.05, 4.69) is 20.4 Å². The average molecular weight is 413 g/mol. The van der Waals surface area contributed by atoms with E-state index in [1.807, 2.05) is 30.3 Å². The molecule has 0 aliphatic carbocycles. The quantitative estimate of drug-likeness (QED) is 0.485. The van der Waals surface area contributed by atoms with Crippen LogP contribution in [0.1, 0.15) is 26.8 Å². The number of rotatable bonds is 6. The maximum Gasteiger partial charge on any atom is 0.358 e. The van der Waals surface area contributed by atoms with Crippen LogP contribution in [-0.4, -0.2) is 25.6 Å². The number of anilines is 1. The molecule has 1 N–H and O–H groups in total. The summed E-state index contributed by atoms with van der Waals surface area (Å²) in [6, 6.07) is 11.3. The number of nitrogens with zero attached hydrogens (tertiary/aromatic N) is 4. The molecule has 0 radical (unpaired) electrons. The van der Waals surface area contributed by atoms with Crippen LogP contribution in [0.3, 0.4) is 0 Å². The summed E-state index contributed by atoms with van der Waals surface area (Å²) < 4.78 is 6.48. The highest BCUT2D eigenvalue weighted by Crippen LogP contribution is 2.18. The molecule has 0 bridgehead atoms. The van der Waals surface area contributed by atoms with Crippen LogP contribution in [0.5, 0.6) is 0 Å². The van der Waals surface area contributed by atoms with Gasteiger partial charge in [0.05, 0.1) is 0 Å². The monoisotopic (exact) mass is 413 g/mol. The Kier molecular flexibility index (Phi) is 5.13. The van der Waals surface area contributed by atoms with Gasteiger partial charge in [-0.3, -0.25) is 4.79 Å². The number of fused-ring (bicyclic) bond motifs is 1. The van der Waals surface area contributed by atoms with E-state index in [1.165, 1.54) is 33.3 Å². The van der Waals surface area contributed by atoms with Crippen LogP contribution in [0.25, 0.3) is 4.96 Å². The molecule has 3 aromatic heterocycles. The van der Waals surface area contributed by atoms with Crippen LogP contribution < -0.4 is 10.9 Å². The highest BCUT2D eigenvalue weighted by Gasteiger charge is 2.15. The lowest BCUT2D eigenvalue weighted by atomic mass is 10.2. The molecule has 4 rings (SSSR count). The summed E-state index contributed by atoms with van der Waals surface area (Å²) in [7, 11) is 0. The Morgan fingerprint density at radius 1 is 1.25 bits per heavy atom. The second-order valence-corrected chi connectivity index (χ2v) is 7.78. The van der Waals surface area contributed by atoms with E-state index >= 15 is 0 Å². The molecular formula is C18H15N5O3S2. The fraction of sp³-hybridized carbons (Fsp3) is 0.167. The van der Waals surface area contributed by atoms with Gasteiger partial charge < -0.3 is 10.1 Å². The lowest BCUT2D eigenvalue weighted by Gasteiger charge is -2.02. The Morgan fingerprint density at radius 2 is 2.07 bits per heavy atom. The minimum atomic E-state index is -0.542. The van der Waals surface area contributed by atoms with Gasteiger partial charge in [-0.05, 0) is 12.5 Å². The minimum absolute atomic E-state index is 0.0460. The second-order valence-electron chi connectivity index (χ2n) is 5.88. The first-order valence-corrected chi connectivity index (χ1v) is 10.0. The molecule has 4 aromatic rings. The molecule has 28 heavy (non-hydrogen) atoms. The molecule has 3 heterocycles. The molecule has 0 spiro atoms. The average Bonchev–Trinajstić information content (AvgIpc) is 3.32. The molecule has 0 atom stereocenters. The Morgan fingerprint density at radius 3 is 2.89 bits per heavy atom. The van der Waals surface area contributed by atoms with Crippen LogP contribution >= 0.6 is 22.7 Å². The van der Waals surface area contributed by atoms with E-state index in [9.17, 15) is 9.59 Å². The van der Waals surface area contributed by atoms with Crippen molar-refractivity contribution in [3.63, 3.8) is 0 Å². The van der Waals surface area contributed by atoms with E-state index in [1.54, 1.807) is 12.3 Å². The molecule has 0 fully saturated rings. The number of carbonyl (C=O) groups excluding carboxylic acids is 1. The summed E-state index contributed by atoms with van der Waals surface area (Å²) in [5, 5.41) is 10.1. The predicted molar refractivity (Wildman–Crippen MR) is 107 cm³/mol. The van der Waals surface area contributed by atoms with Crippen molar-refractivity contribution in [1.29, 1.82) is 0 Å². The van der Waals surface area contributed by atoms with Crippen molar-refractivity contribution in [3.05, 3.63) is 74.1 Å². The fourth-order valence-corrected chi connectivity index (χ4v) is 3.98. The number of carbonyl (C=O) groups is 1. The molecule has 142 valence electrons. The zero-order valence-corrected chi connectivity index (χ0v) is 16.4. The van der Waals surface area contributed by atoms with Gasteiger partial charge in [-0.1, -0.05) is 41.7 Å². The van der Waals surface area contributed by atoms with Gasteiger partial charge >= 0.3 is 5.97 Å². The third-order valence-electron chi connectivity index (χ3n) is 3.74. The number of benzene rings is 1. The molecule has 1 aromatic carbocycles. The van der Waals surface area contributed by atoms with Crippen molar-refractivity contribution in [3.8, 4) is 0 Å². The van der Waals surface area contributed by atoms with E-state index < -0.39 is 5.97 Å². The predicted octanol–water partition coefficient (Wildman–Crippen LogP) is 2.89. The van der Waals surface area contributed by atoms with Gasteiger partial charge in [0.15, 0.2) is 15.8 Å². The van der Waals surface area contributed by atoms with Crippen LogP contribution in [0, 0.1) is 6.92 Å². The van der Waals surface area contributed by atoms with Crippen LogP contribution in [-0.2, 0) is 17.9 Å². The third kappa shape index (κ3) is 4.07. The van der Waals surface area contributed by atoms with Gasteiger partial charge in [-0.15, -0.1) is 11.3 Å². The highest BCUT2D eigenvalue weighted by molar-refractivity contribution is 7.16. The van der Waals surface area contributed by atoms with E-state index in [-0.39, 0.29) is 17.9 Å². The van der Waals surface area contributed by atoms with E-state index in [0.29, 0.717) is 27.3 Å². The molecular weight excluding hydrogens is 398 g/mol. The van der Waals surface area contributed by atoms with Gasteiger partial charge in [-0.2, -0.15) is 9.61 Å². The molecule has 0 aliphatic heterocycles. The zero-order valence-electron chi connectivity index (χ0n) is 14.8. The van der Waals surface area contributed by atoms with Gasteiger partial charge in [-0.25, -0.2) is 14.8 Å². The number of nitrogens with one attached hydrogen (secondary N) is 1. The SMILES string of the molecule is Cc1cc(=O)n2nc(COC(=O)c3csc(NCc4ccccc4)n3)sc2n1. The normalized spacial score (nSPS) is 10.9. The molecule has 0 saturated carbocycles. The molecule has 8 nitrogen and oxygen atoms in total. The van der Waals surface area contributed by atoms with Crippen LogP contribution in [0.2, 0.25) is 0 Å². The zero-order chi connectivity index (χ0) is 19.5. The van der Waals surface area contributed by atoms with Crippen LogP contribution in [0.15, 0.2) is 46.6 Å². The number of ether oxygens (including phenoxy) is 1. The number of hydrogen-bond donors (Lipinski definition) is 1. The molecule has 0 aliphatic rings. The van der Waals surface area contributed by atoms with Crippen molar-refractivity contribution < 1.29 is 9.53 Å². The summed E-state index contributed by atoms with van der Waals surface area (Å²) in [5.74, 6) is -0.542. The number of aryl methyl sites for hydroxylation is 1. The first-order valence-electron chi connectivity index (χ1n) is 8.35. The number of hydrogen-bond acceptors (Lipinski definition) is 9. The van der Waals surface area contributed by atoms with Gasteiger partial charge in [0.2, 0.25) is 4.96 Å². The first-order chi connectivity index (χ1) is 13.6.